The van der Waals surface area contributed by atoms with Crippen LogP contribution >= 0.6 is 0 Å². The first-order chi connectivity index (χ1) is 16.4. The summed E-state index contributed by atoms with van der Waals surface area (Å²) in [5.41, 5.74) is 9.14. The zero-order chi connectivity index (χ0) is 25.3. The first kappa shape index (κ1) is 24.0. The van der Waals surface area contributed by atoms with E-state index in [-0.39, 0.29) is 16.4 Å². The number of hydrogen-bond acceptors (Lipinski definition) is 6. The summed E-state index contributed by atoms with van der Waals surface area (Å²) in [6.07, 6.45) is 5.04. The minimum absolute atomic E-state index is 0.178. The molecule has 3 unspecified atom stereocenters. The molecular weight excluding hydrogens is 468 g/mol. The van der Waals surface area contributed by atoms with Gasteiger partial charge in [-0.05, 0) is 30.7 Å². The van der Waals surface area contributed by atoms with E-state index >= 15 is 0 Å². The molecule has 35 heavy (non-hydrogen) atoms. The first-order valence-electron chi connectivity index (χ1n) is 11.7. The van der Waals surface area contributed by atoms with Crippen LogP contribution in [-0.4, -0.2) is 67.4 Å². The van der Waals surface area contributed by atoms with Crippen molar-refractivity contribution in [2.24, 2.45) is 11.7 Å². The number of primary amides is 1. The number of aryl methyl sites for hydroxylation is 1. The molecule has 9 heteroatoms. The lowest BCUT2D eigenvalue weighted by Crippen LogP contribution is -2.70. The molecule has 2 bridgehead atoms. The Labute approximate surface area is 205 Å². The second kappa shape index (κ2) is 7.89. The average Bonchev–Trinajstić information content (AvgIpc) is 3.13. The molecule has 2 aromatic carbocycles. The normalized spacial score (nSPS) is 31.0. The fourth-order valence-corrected chi connectivity index (χ4v) is 6.98. The van der Waals surface area contributed by atoms with E-state index in [4.69, 9.17) is 10.5 Å². The van der Waals surface area contributed by atoms with Gasteiger partial charge in [0.15, 0.2) is 0 Å². The Morgan fingerprint density at radius 2 is 1.86 bits per heavy atom. The first-order valence-corrected chi connectivity index (χ1v) is 13.1. The van der Waals surface area contributed by atoms with Crippen molar-refractivity contribution in [1.82, 2.24) is 0 Å². The summed E-state index contributed by atoms with van der Waals surface area (Å²) in [6, 6.07) is 10.1. The van der Waals surface area contributed by atoms with Crippen molar-refractivity contribution in [3.05, 3.63) is 70.8 Å². The van der Waals surface area contributed by atoms with Gasteiger partial charge in [-0.3, -0.25) is 4.79 Å². The number of rotatable bonds is 2. The predicted molar refractivity (Wildman–Crippen MR) is 128 cm³/mol. The average molecular weight is 499 g/mol. The molecule has 186 valence electrons. The number of quaternary nitrogens is 1. The van der Waals surface area contributed by atoms with E-state index in [0.29, 0.717) is 23.3 Å². The highest BCUT2D eigenvalue weighted by Gasteiger charge is 2.67. The summed E-state index contributed by atoms with van der Waals surface area (Å²) < 4.78 is 38.4. The van der Waals surface area contributed by atoms with Crippen LogP contribution in [0.3, 0.4) is 0 Å². The van der Waals surface area contributed by atoms with Crippen LogP contribution in [0.4, 0.5) is 0 Å². The number of aliphatic hydroxyl groups excluding tert-OH is 1. The summed E-state index contributed by atoms with van der Waals surface area (Å²) >= 11 is 0. The van der Waals surface area contributed by atoms with Crippen molar-refractivity contribution < 1.29 is 32.1 Å². The Morgan fingerprint density at radius 3 is 2.49 bits per heavy atom. The van der Waals surface area contributed by atoms with E-state index in [1.54, 1.807) is 18.2 Å². The number of likely N-dealkylation sites (N-methyl/N-ethyl adjacent to an activating group) is 1. The van der Waals surface area contributed by atoms with Crippen LogP contribution in [-0.2, 0) is 22.0 Å². The van der Waals surface area contributed by atoms with Crippen LogP contribution in [0.2, 0.25) is 0 Å². The van der Waals surface area contributed by atoms with Gasteiger partial charge in [0.05, 0.1) is 36.5 Å². The quantitative estimate of drug-likeness (QED) is 0.368. The van der Waals surface area contributed by atoms with Gasteiger partial charge in [-0.1, -0.05) is 35.9 Å². The Hall–Kier alpha value is -2.72. The lowest BCUT2D eigenvalue weighted by Gasteiger charge is -2.58. The summed E-state index contributed by atoms with van der Waals surface area (Å²) in [4.78, 5) is 11.7. The van der Waals surface area contributed by atoms with E-state index < -0.39 is 22.1 Å². The molecular formula is C26H30N2O6S. The van der Waals surface area contributed by atoms with Gasteiger partial charge in [0.25, 0.3) is 5.91 Å². The number of nitrogens with zero attached hydrogens (tertiary/aromatic N) is 1. The van der Waals surface area contributed by atoms with Crippen molar-refractivity contribution in [2.45, 2.75) is 48.3 Å². The number of carbonyl (C=O) groups excluding carboxylic acids is 1. The van der Waals surface area contributed by atoms with Crippen molar-refractivity contribution >= 4 is 16.0 Å². The maximum atomic E-state index is 11.9. The molecule has 2 aliphatic heterocycles. The van der Waals surface area contributed by atoms with Crippen molar-refractivity contribution in [3.63, 3.8) is 0 Å². The van der Waals surface area contributed by atoms with Gasteiger partial charge in [-0.2, -0.15) is 0 Å². The van der Waals surface area contributed by atoms with E-state index in [1.165, 1.54) is 17.7 Å². The summed E-state index contributed by atoms with van der Waals surface area (Å²) in [5, 5.41) is 10.6. The van der Waals surface area contributed by atoms with Crippen molar-refractivity contribution in [1.29, 1.82) is 0 Å². The fourth-order valence-electron chi connectivity index (χ4n) is 6.52. The highest BCUT2D eigenvalue weighted by atomic mass is 32.2. The number of amides is 1. The second-order valence-electron chi connectivity index (χ2n) is 10.6. The fraction of sp³-hybridized carbons (Fsp3) is 0.423. The number of nitrogens with two attached hydrogens (primary N) is 1. The standard InChI is InChI=1S/C19H22N2O3.C7H8O3S/c1-21(2)8-7-19-12-5-6-14(22)17(19)24-16-11(18(20)23)4-3-10(15(16)19)9-13(12)21;1-6-2-4-7(5-3-6)11(8,9)10/h3-6,12-14,17,22H,7-9H2,1-2H3,(H-,20,23);2-5H,1H3,(H,8,9,10)/t12?,13-,14?,17?,19+;/m1./s1. The van der Waals surface area contributed by atoms with Crippen LogP contribution in [0.1, 0.15) is 33.5 Å². The molecule has 1 amide bonds. The lowest BCUT2D eigenvalue weighted by molar-refractivity contribution is -0.926. The molecule has 0 saturated carbocycles. The third-order valence-corrected chi connectivity index (χ3v) is 9.15. The second-order valence-corrected chi connectivity index (χ2v) is 12.0. The number of ether oxygens (including phenoxy) is 1. The van der Waals surface area contributed by atoms with Crippen molar-refractivity contribution in [2.75, 3.05) is 20.6 Å². The van der Waals surface area contributed by atoms with Gasteiger partial charge in [-0.25, -0.2) is 8.42 Å². The van der Waals surface area contributed by atoms with Crippen LogP contribution in [0.15, 0.2) is 53.4 Å². The van der Waals surface area contributed by atoms with Gasteiger partial charge in [-0.15, -0.1) is 0 Å². The van der Waals surface area contributed by atoms with Crippen LogP contribution in [0, 0.1) is 12.8 Å². The molecule has 2 aliphatic carbocycles. The highest BCUT2D eigenvalue weighted by Crippen LogP contribution is 2.62. The third kappa shape index (κ3) is 3.60. The SMILES string of the molecule is C[N+]1(C)CC[C@]23c4c5ccc(C(N)=O)c4OC2C(O)C=CC3[C@H]1C5.Cc1ccc(S(=O)(=O)[O-])cc1. The molecule has 8 nitrogen and oxygen atoms in total. The zero-order valence-electron chi connectivity index (χ0n) is 20.0. The lowest BCUT2D eigenvalue weighted by atomic mass is 9.52. The molecule has 2 heterocycles. The molecule has 3 N–H and O–H groups in total. The molecule has 2 aromatic rings. The number of piperidine rings is 1. The van der Waals surface area contributed by atoms with Gasteiger partial charge in [0.2, 0.25) is 0 Å². The summed E-state index contributed by atoms with van der Waals surface area (Å²) in [6.45, 7) is 2.86. The maximum absolute atomic E-state index is 11.9. The molecule has 0 aromatic heterocycles. The van der Waals surface area contributed by atoms with Gasteiger partial charge in [0.1, 0.15) is 34.1 Å². The number of likely N-dealkylation sites (tertiary alicyclic amines) is 1. The van der Waals surface area contributed by atoms with Crippen LogP contribution in [0.25, 0.3) is 0 Å². The smallest absolute Gasteiger partial charge is 0.252 e. The van der Waals surface area contributed by atoms with Crippen molar-refractivity contribution in [3.8, 4) is 5.75 Å². The summed E-state index contributed by atoms with van der Waals surface area (Å²) in [7, 11) is 0.323. The highest BCUT2D eigenvalue weighted by molar-refractivity contribution is 7.85. The van der Waals surface area contributed by atoms with E-state index in [9.17, 15) is 22.9 Å². The van der Waals surface area contributed by atoms with E-state index in [2.05, 4.69) is 20.2 Å². The van der Waals surface area contributed by atoms with Crippen LogP contribution in [0.5, 0.6) is 5.75 Å². The molecule has 6 rings (SSSR count). The number of benzene rings is 2. The topological polar surface area (TPSA) is 130 Å². The molecule has 4 aliphatic rings. The Bertz CT molecular complexity index is 1330. The monoisotopic (exact) mass is 498 g/mol. The Balaban J connectivity index is 0.000000195. The number of hydrogen-bond donors (Lipinski definition) is 2. The third-order valence-electron chi connectivity index (χ3n) is 8.30. The number of carbonyl (C=O) groups is 1. The maximum Gasteiger partial charge on any atom is 0.252 e. The zero-order valence-corrected chi connectivity index (χ0v) is 20.8. The Kier molecular flexibility index (Phi) is 5.41. The summed E-state index contributed by atoms with van der Waals surface area (Å²) in [5.74, 6) is 0.492. The minimum Gasteiger partial charge on any atom is -0.744 e. The molecule has 5 atom stereocenters. The molecule has 0 radical (unpaired) electrons. The number of aliphatic hydroxyl groups is 1. The predicted octanol–water partition coefficient (Wildman–Crippen LogP) is 1.64. The minimum atomic E-state index is -4.27. The molecule has 1 fully saturated rings. The van der Waals surface area contributed by atoms with E-state index in [1.807, 2.05) is 19.1 Å². The van der Waals surface area contributed by atoms with Gasteiger partial charge < -0.3 is 24.6 Å². The van der Waals surface area contributed by atoms with Gasteiger partial charge >= 0.3 is 0 Å². The van der Waals surface area contributed by atoms with Crippen LogP contribution < -0.4 is 10.5 Å². The Morgan fingerprint density at radius 1 is 1.17 bits per heavy atom. The molecule has 1 spiro atoms. The van der Waals surface area contributed by atoms with Gasteiger partial charge in [0, 0.05) is 24.3 Å². The molecule has 1 saturated heterocycles. The largest absolute Gasteiger partial charge is 0.744 e. The van der Waals surface area contributed by atoms with E-state index in [0.717, 1.165) is 35.0 Å².